The highest BCUT2D eigenvalue weighted by Crippen LogP contribution is 2.34. The Morgan fingerprint density at radius 2 is 1.68 bits per heavy atom. The quantitative estimate of drug-likeness (QED) is 0.592. The van der Waals surface area contributed by atoms with Crippen LogP contribution in [0, 0.1) is 0 Å². The van der Waals surface area contributed by atoms with Crippen LogP contribution >= 0.6 is 0 Å². The van der Waals surface area contributed by atoms with Crippen LogP contribution in [0.25, 0.3) is 22.3 Å². The molecule has 1 saturated heterocycles. The molecule has 4 aromatic rings. The molecule has 3 heterocycles. The summed E-state index contributed by atoms with van der Waals surface area (Å²) in [6.07, 6.45) is 1.50. The number of aromatic nitrogens is 4. The number of fused-ring (bicyclic) bond motifs is 1. The molecule has 2 N–H and O–H groups in total. The average Bonchev–Trinajstić information content (AvgIpc) is 3.07. The molecule has 0 saturated carbocycles. The molecule has 0 amide bonds. The van der Waals surface area contributed by atoms with E-state index < -0.39 is 0 Å². The van der Waals surface area contributed by atoms with E-state index in [0.717, 1.165) is 46.9 Å². The Hall–Kier alpha value is -3.45. The van der Waals surface area contributed by atoms with Gasteiger partial charge in [-0.05, 0) is 43.4 Å². The second kappa shape index (κ2) is 6.61. The van der Waals surface area contributed by atoms with Gasteiger partial charge in [-0.25, -0.2) is 14.6 Å². The number of likely N-dealkylation sites (N-methyl/N-ethyl adjacent to an activating group) is 1. The van der Waals surface area contributed by atoms with Crippen LogP contribution in [0.4, 0.5) is 5.82 Å². The van der Waals surface area contributed by atoms with Crippen LogP contribution < -0.4 is 10.5 Å². The Morgan fingerprint density at radius 3 is 2.39 bits per heavy atom. The molecule has 0 aliphatic carbocycles. The van der Waals surface area contributed by atoms with E-state index in [2.05, 4.69) is 21.9 Å². The zero-order valence-electron chi connectivity index (χ0n) is 15.5. The number of anilines is 1. The molecule has 1 fully saturated rings. The normalized spacial score (nSPS) is 14.9. The smallest absolute Gasteiger partial charge is 0.164 e. The van der Waals surface area contributed by atoms with Crippen LogP contribution in [0.3, 0.4) is 0 Å². The largest absolute Gasteiger partial charge is 0.457 e. The van der Waals surface area contributed by atoms with E-state index in [1.165, 1.54) is 6.33 Å². The molecule has 7 heteroatoms. The lowest BCUT2D eigenvalue weighted by molar-refractivity contribution is 0.134. The molecule has 28 heavy (non-hydrogen) atoms. The van der Waals surface area contributed by atoms with E-state index in [1.807, 2.05) is 59.3 Å². The van der Waals surface area contributed by atoms with E-state index in [4.69, 9.17) is 15.6 Å². The first-order valence-electron chi connectivity index (χ1n) is 9.19. The van der Waals surface area contributed by atoms with E-state index in [0.29, 0.717) is 11.9 Å². The number of ether oxygens (including phenoxy) is 1. The van der Waals surface area contributed by atoms with Gasteiger partial charge in [-0.1, -0.05) is 18.2 Å². The van der Waals surface area contributed by atoms with Gasteiger partial charge in [0.25, 0.3) is 0 Å². The highest BCUT2D eigenvalue weighted by molar-refractivity contribution is 5.98. The highest BCUT2D eigenvalue weighted by atomic mass is 16.5. The second-order valence-electron chi connectivity index (χ2n) is 7.07. The highest BCUT2D eigenvalue weighted by Gasteiger charge is 2.29. The van der Waals surface area contributed by atoms with Gasteiger partial charge in [0.2, 0.25) is 0 Å². The number of nitrogen functional groups attached to an aromatic ring is 1. The number of hydrogen-bond acceptors (Lipinski definition) is 6. The molecule has 0 unspecified atom stereocenters. The van der Waals surface area contributed by atoms with Crippen molar-refractivity contribution < 1.29 is 4.74 Å². The summed E-state index contributed by atoms with van der Waals surface area (Å²) in [5.41, 5.74) is 8.73. The number of nitrogens with zero attached hydrogens (tertiary/aromatic N) is 5. The van der Waals surface area contributed by atoms with Crippen LogP contribution in [0.2, 0.25) is 0 Å². The van der Waals surface area contributed by atoms with Crippen molar-refractivity contribution >= 4 is 16.9 Å². The molecule has 0 atom stereocenters. The Balaban J connectivity index is 1.52. The molecule has 2 aromatic carbocycles. The third-order valence-corrected chi connectivity index (χ3v) is 5.02. The van der Waals surface area contributed by atoms with Crippen molar-refractivity contribution in [2.45, 2.75) is 6.04 Å². The van der Waals surface area contributed by atoms with Gasteiger partial charge >= 0.3 is 0 Å². The molecule has 0 spiro atoms. The molecule has 1 aliphatic heterocycles. The summed E-state index contributed by atoms with van der Waals surface area (Å²) < 4.78 is 7.86. The van der Waals surface area contributed by atoms with Crippen LogP contribution in [0.1, 0.15) is 6.04 Å². The molecule has 7 nitrogen and oxygen atoms in total. The van der Waals surface area contributed by atoms with Gasteiger partial charge < -0.3 is 15.4 Å². The first kappa shape index (κ1) is 16.7. The van der Waals surface area contributed by atoms with E-state index in [-0.39, 0.29) is 0 Å². The monoisotopic (exact) mass is 372 g/mol. The predicted molar refractivity (Wildman–Crippen MR) is 108 cm³/mol. The summed E-state index contributed by atoms with van der Waals surface area (Å²) >= 11 is 0. The molecule has 2 aromatic heterocycles. The van der Waals surface area contributed by atoms with Gasteiger partial charge in [-0.2, -0.15) is 5.10 Å². The minimum absolute atomic E-state index is 0.302. The molecule has 140 valence electrons. The fraction of sp³-hybridized carbons (Fsp3) is 0.190. The fourth-order valence-electron chi connectivity index (χ4n) is 3.58. The standard InChI is InChI=1S/C21H20N6O/c1-26-11-15(12-26)27-21-18(20(22)23-13-24-21)19(25-27)14-7-9-17(10-8-14)28-16-5-3-2-4-6-16/h2-10,13,15H,11-12H2,1H3,(H2,22,23,24). The van der Waals surface area contributed by atoms with Crippen molar-refractivity contribution in [1.82, 2.24) is 24.6 Å². The maximum absolute atomic E-state index is 6.19. The summed E-state index contributed by atoms with van der Waals surface area (Å²) in [6, 6.07) is 17.9. The molecular formula is C21H20N6O. The number of likely N-dealkylation sites (tertiary alicyclic amines) is 1. The van der Waals surface area contributed by atoms with Gasteiger partial charge in [0.15, 0.2) is 5.65 Å². The van der Waals surface area contributed by atoms with Crippen LogP contribution in [-0.2, 0) is 0 Å². The lowest BCUT2D eigenvalue weighted by atomic mass is 10.1. The van der Waals surface area contributed by atoms with Gasteiger partial charge in [0.1, 0.15) is 29.3 Å². The van der Waals surface area contributed by atoms with Gasteiger partial charge in [0, 0.05) is 18.7 Å². The van der Waals surface area contributed by atoms with Crippen molar-refractivity contribution in [3.05, 3.63) is 60.9 Å². The van der Waals surface area contributed by atoms with Crippen molar-refractivity contribution in [2.24, 2.45) is 0 Å². The summed E-state index contributed by atoms with van der Waals surface area (Å²) in [6.45, 7) is 1.90. The molecule has 0 radical (unpaired) electrons. The topological polar surface area (TPSA) is 82.1 Å². The summed E-state index contributed by atoms with van der Waals surface area (Å²) in [5, 5.41) is 5.66. The van der Waals surface area contributed by atoms with Gasteiger partial charge in [-0.3, -0.25) is 0 Å². The summed E-state index contributed by atoms with van der Waals surface area (Å²) in [7, 11) is 2.10. The van der Waals surface area contributed by atoms with Crippen molar-refractivity contribution in [3.63, 3.8) is 0 Å². The number of hydrogen-bond donors (Lipinski definition) is 1. The Morgan fingerprint density at radius 1 is 0.964 bits per heavy atom. The Labute approximate surface area is 162 Å². The van der Waals surface area contributed by atoms with E-state index in [1.54, 1.807) is 0 Å². The molecular weight excluding hydrogens is 352 g/mol. The van der Waals surface area contributed by atoms with Crippen LogP contribution in [0.15, 0.2) is 60.9 Å². The summed E-state index contributed by atoms with van der Waals surface area (Å²) in [5.74, 6) is 2.02. The van der Waals surface area contributed by atoms with Crippen LogP contribution in [-0.4, -0.2) is 44.8 Å². The number of benzene rings is 2. The number of para-hydroxylation sites is 1. The van der Waals surface area contributed by atoms with E-state index >= 15 is 0 Å². The minimum atomic E-state index is 0.302. The molecule has 1 aliphatic rings. The predicted octanol–water partition coefficient (Wildman–Crippen LogP) is 3.35. The third-order valence-electron chi connectivity index (χ3n) is 5.02. The summed E-state index contributed by atoms with van der Waals surface area (Å²) in [4.78, 5) is 10.9. The van der Waals surface area contributed by atoms with Crippen LogP contribution in [0.5, 0.6) is 11.5 Å². The third kappa shape index (κ3) is 2.86. The zero-order valence-corrected chi connectivity index (χ0v) is 15.5. The minimum Gasteiger partial charge on any atom is -0.457 e. The van der Waals surface area contributed by atoms with Gasteiger partial charge in [0.05, 0.1) is 11.4 Å². The first-order valence-corrected chi connectivity index (χ1v) is 9.19. The van der Waals surface area contributed by atoms with Gasteiger partial charge in [-0.15, -0.1) is 0 Å². The fourth-order valence-corrected chi connectivity index (χ4v) is 3.58. The lowest BCUT2D eigenvalue weighted by Gasteiger charge is -2.36. The number of nitrogens with two attached hydrogens (primary N) is 1. The van der Waals surface area contributed by atoms with Crippen molar-refractivity contribution in [3.8, 4) is 22.8 Å². The van der Waals surface area contributed by atoms with Crippen molar-refractivity contribution in [1.29, 1.82) is 0 Å². The SMILES string of the molecule is CN1CC(n2nc(-c3ccc(Oc4ccccc4)cc3)c3c(N)ncnc32)C1. The first-order chi connectivity index (χ1) is 13.7. The maximum atomic E-state index is 6.19. The zero-order chi connectivity index (χ0) is 19.1. The molecule has 0 bridgehead atoms. The Kier molecular flexibility index (Phi) is 3.95. The maximum Gasteiger partial charge on any atom is 0.164 e. The average molecular weight is 372 g/mol. The lowest BCUT2D eigenvalue weighted by Crippen LogP contribution is -2.45. The Bertz CT molecular complexity index is 1120. The van der Waals surface area contributed by atoms with Crippen molar-refractivity contribution in [2.75, 3.05) is 25.9 Å². The molecule has 5 rings (SSSR count). The second-order valence-corrected chi connectivity index (χ2v) is 7.07. The number of rotatable bonds is 4. The van der Waals surface area contributed by atoms with E-state index in [9.17, 15) is 0 Å².